The van der Waals surface area contributed by atoms with Crippen LogP contribution >= 0.6 is 0 Å². The zero-order chi connectivity index (χ0) is 20.3. The topological polar surface area (TPSA) is 69.7 Å². The Morgan fingerprint density at radius 3 is 2.14 bits per heavy atom. The van der Waals surface area contributed by atoms with Crippen molar-refractivity contribution in [2.75, 3.05) is 22.9 Å². The molecular weight excluding hydrogens is 361 g/mol. The average Bonchev–Trinajstić information content (AvgIpc) is 2.68. The summed E-state index contributed by atoms with van der Waals surface area (Å²) >= 11 is 0. The lowest BCUT2D eigenvalue weighted by Crippen LogP contribution is -2.54. The molecule has 144 valence electrons. The number of imide groups is 2. The van der Waals surface area contributed by atoms with Gasteiger partial charge in [-0.2, -0.15) is 0 Å². The van der Waals surface area contributed by atoms with Crippen LogP contribution in [0.1, 0.15) is 19.4 Å². The molecular formula is C21H20FN3O3. The van der Waals surface area contributed by atoms with Crippen LogP contribution in [0.2, 0.25) is 0 Å². The average molecular weight is 381 g/mol. The second-order valence-electron chi connectivity index (χ2n) is 6.20. The summed E-state index contributed by atoms with van der Waals surface area (Å²) in [5, 5.41) is 2.15. The molecule has 1 aliphatic heterocycles. The number of hydrogen-bond donors (Lipinski definition) is 1. The van der Waals surface area contributed by atoms with E-state index in [0.717, 1.165) is 35.8 Å². The molecule has 1 aliphatic rings. The van der Waals surface area contributed by atoms with Crippen molar-refractivity contribution in [2.45, 2.75) is 13.8 Å². The van der Waals surface area contributed by atoms with Gasteiger partial charge in [0.05, 0.1) is 5.69 Å². The Labute approximate surface area is 162 Å². The Balaban J connectivity index is 1.91. The Hall–Kier alpha value is -3.48. The molecule has 6 nitrogen and oxygen atoms in total. The third-order valence-corrected chi connectivity index (χ3v) is 4.52. The molecule has 0 saturated carbocycles. The summed E-state index contributed by atoms with van der Waals surface area (Å²) in [4.78, 5) is 40.1. The van der Waals surface area contributed by atoms with Gasteiger partial charge in [-0.3, -0.25) is 14.9 Å². The first-order valence-corrected chi connectivity index (χ1v) is 8.96. The standard InChI is InChI=1S/C21H20FN3O3/c1-3-24(4-2)16-9-5-14(6-10-16)13-18-19(26)23-21(28)25(20(18)27)17-11-7-15(22)8-12-17/h5-13H,3-4H2,1-2H3,(H,23,26,28). The predicted molar refractivity (Wildman–Crippen MR) is 105 cm³/mol. The van der Waals surface area contributed by atoms with Crippen LogP contribution in [0.3, 0.4) is 0 Å². The van der Waals surface area contributed by atoms with Gasteiger partial charge in [0.2, 0.25) is 0 Å². The van der Waals surface area contributed by atoms with Gasteiger partial charge >= 0.3 is 6.03 Å². The molecule has 1 fully saturated rings. The maximum Gasteiger partial charge on any atom is 0.335 e. The zero-order valence-corrected chi connectivity index (χ0v) is 15.6. The maximum atomic E-state index is 13.1. The first-order chi connectivity index (χ1) is 13.4. The van der Waals surface area contributed by atoms with Gasteiger partial charge in [0.15, 0.2) is 0 Å². The van der Waals surface area contributed by atoms with Crippen molar-refractivity contribution in [1.29, 1.82) is 0 Å². The molecule has 1 saturated heterocycles. The normalized spacial score (nSPS) is 15.8. The molecule has 1 N–H and O–H groups in total. The second-order valence-corrected chi connectivity index (χ2v) is 6.20. The predicted octanol–water partition coefficient (Wildman–Crippen LogP) is 3.34. The molecule has 4 amide bonds. The number of carbonyl (C=O) groups is 3. The minimum atomic E-state index is -0.865. The van der Waals surface area contributed by atoms with Crippen molar-refractivity contribution >= 4 is 35.3 Å². The van der Waals surface area contributed by atoms with Gasteiger partial charge in [-0.25, -0.2) is 14.1 Å². The SMILES string of the molecule is CCN(CC)c1ccc(C=C2C(=O)NC(=O)N(c3ccc(F)cc3)C2=O)cc1. The highest BCUT2D eigenvalue weighted by atomic mass is 19.1. The summed E-state index contributed by atoms with van der Waals surface area (Å²) in [5.74, 6) is -2.01. The highest BCUT2D eigenvalue weighted by molar-refractivity contribution is 6.39. The summed E-state index contributed by atoms with van der Waals surface area (Å²) in [7, 11) is 0. The minimum absolute atomic E-state index is 0.167. The van der Waals surface area contributed by atoms with E-state index in [0.29, 0.717) is 5.56 Å². The van der Waals surface area contributed by atoms with Crippen LogP contribution in [0.25, 0.3) is 6.08 Å². The van der Waals surface area contributed by atoms with Gasteiger partial charge in [-0.15, -0.1) is 0 Å². The van der Waals surface area contributed by atoms with Gasteiger partial charge in [0, 0.05) is 18.8 Å². The van der Waals surface area contributed by atoms with Crippen LogP contribution in [0.5, 0.6) is 0 Å². The van der Waals surface area contributed by atoms with Crippen molar-refractivity contribution in [3.8, 4) is 0 Å². The second kappa shape index (κ2) is 8.04. The zero-order valence-electron chi connectivity index (χ0n) is 15.6. The van der Waals surface area contributed by atoms with Gasteiger partial charge in [-0.05, 0) is 61.9 Å². The van der Waals surface area contributed by atoms with E-state index in [4.69, 9.17) is 0 Å². The summed E-state index contributed by atoms with van der Waals surface area (Å²) in [5.41, 5.74) is 1.70. The lowest BCUT2D eigenvalue weighted by Gasteiger charge is -2.26. The van der Waals surface area contributed by atoms with Crippen LogP contribution in [0, 0.1) is 5.82 Å². The van der Waals surface area contributed by atoms with E-state index in [2.05, 4.69) is 24.1 Å². The fraction of sp³-hybridized carbons (Fsp3) is 0.190. The lowest BCUT2D eigenvalue weighted by molar-refractivity contribution is -0.122. The quantitative estimate of drug-likeness (QED) is 0.637. The molecule has 0 bridgehead atoms. The molecule has 7 heteroatoms. The third-order valence-electron chi connectivity index (χ3n) is 4.52. The van der Waals surface area contributed by atoms with Crippen molar-refractivity contribution in [1.82, 2.24) is 5.32 Å². The first-order valence-electron chi connectivity index (χ1n) is 8.96. The van der Waals surface area contributed by atoms with E-state index in [1.54, 1.807) is 12.1 Å². The number of nitrogens with one attached hydrogen (secondary N) is 1. The van der Waals surface area contributed by atoms with Crippen LogP contribution in [0.15, 0.2) is 54.1 Å². The van der Waals surface area contributed by atoms with Gasteiger partial charge in [0.25, 0.3) is 11.8 Å². The highest BCUT2D eigenvalue weighted by Gasteiger charge is 2.36. The summed E-state index contributed by atoms with van der Waals surface area (Å²) in [6.45, 7) is 5.86. The molecule has 0 aliphatic carbocycles. The maximum absolute atomic E-state index is 13.1. The Kier molecular flexibility index (Phi) is 5.54. The molecule has 0 radical (unpaired) electrons. The van der Waals surface area contributed by atoms with E-state index < -0.39 is 23.7 Å². The van der Waals surface area contributed by atoms with Crippen molar-refractivity contribution in [3.05, 3.63) is 65.5 Å². The van der Waals surface area contributed by atoms with Crippen LogP contribution in [-0.4, -0.2) is 30.9 Å². The number of rotatable bonds is 5. The summed E-state index contributed by atoms with van der Waals surface area (Å²) in [6.07, 6.45) is 1.44. The molecule has 28 heavy (non-hydrogen) atoms. The molecule has 0 spiro atoms. The summed E-state index contributed by atoms with van der Waals surface area (Å²) in [6, 6.07) is 11.5. The number of anilines is 2. The number of halogens is 1. The number of hydrogen-bond acceptors (Lipinski definition) is 4. The molecule has 3 rings (SSSR count). The molecule has 2 aromatic carbocycles. The van der Waals surface area contributed by atoms with E-state index in [1.165, 1.54) is 18.2 Å². The van der Waals surface area contributed by atoms with Gasteiger partial charge < -0.3 is 4.90 Å². The fourth-order valence-electron chi connectivity index (χ4n) is 3.02. The van der Waals surface area contributed by atoms with Crippen LogP contribution in [0.4, 0.5) is 20.6 Å². The smallest absolute Gasteiger partial charge is 0.335 e. The number of benzene rings is 2. The summed E-state index contributed by atoms with van der Waals surface area (Å²) < 4.78 is 13.1. The highest BCUT2D eigenvalue weighted by Crippen LogP contribution is 2.23. The number of amides is 4. The first kappa shape index (κ1) is 19.3. The van der Waals surface area contributed by atoms with Crippen molar-refractivity contribution in [3.63, 3.8) is 0 Å². The monoisotopic (exact) mass is 381 g/mol. The van der Waals surface area contributed by atoms with Crippen LogP contribution < -0.4 is 15.1 Å². The number of nitrogens with zero attached hydrogens (tertiary/aromatic N) is 2. The number of carbonyl (C=O) groups excluding carboxylic acids is 3. The van der Waals surface area contributed by atoms with Crippen molar-refractivity contribution < 1.29 is 18.8 Å². The Bertz CT molecular complexity index is 932. The van der Waals surface area contributed by atoms with Gasteiger partial charge in [0.1, 0.15) is 11.4 Å². The van der Waals surface area contributed by atoms with E-state index >= 15 is 0 Å². The minimum Gasteiger partial charge on any atom is -0.372 e. The van der Waals surface area contributed by atoms with Gasteiger partial charge in [-0.1, -0.05) is 12.1 Å². The molecule has 1 heterocycles. The Morgan fingerprint density at radius 2 is 1.57 bits per heavy atom. The van der Waals surface area contributed by atoms with Crippen LogP contribution in [-0.2, 0) is 9.59 Å². The number of barbiturate groups is 1. The van der Waals surface area contributed by atoms with Crippen molar-refractivity contribution in [2.24, 2.45) is 0 Å². The Morgan fingerprint density at radius 1 is 0.964 bits per heavy atom. The fourth-order valence-corrected chi connectivity index (χ4v) is 3.02. The number of urea groups is 1. The molecule has 2 aromatic rings. The largest absolute Gasteiger partial charge is 0.372 e. The molecule has 0 atom stereocenters. The third kappa shape index (κ3) is 3.78. The molecule has 0 unspecified atom stereocenters. The lowest BCUT2D eigenvalue weighted by atomic mass is 10.1. The van der Waals surface area contributed by atoms with E-state index in [1.807, 2.05) is 12.1 Å². The van der Waals surface area contributed by atoms with E-state index in [9.17, 15) is 18.8 Å². The molecule has 0 aromatic heterocycles. The van der Waals surface area contributed by atoms with E-state index in [-0.39, 0.29) is 11.3 Å².